The minimum atomic E-state index is -3.59. The number of hydrogen-bond acceptors (Lipinski definition) is 3. The molecule has 0 saturated carbocycles. The van der Waals surface area contributed by atoms with Crippen LogP contribution in [0.25, 0.3) is 0 Å². The number of sulfone groups is 1. The highest BCUT2D eigenvalue weighted by Crippen LogP contribution is 2.26. The Balaban J connectivity index is 2.06. The van der Waals surface area contributed by atoms with Crippen LogP contribution >= 0.6 is 11.6 Å². The van der Waals surface area contributed by atoms with Crippen LogP contribution in [0.15, 0.2) is 59.5 Å². The molecule has 2 aromatic carbocycles. The number of halogens is 1. The van der Waals surface area contributed by atoms with E-state index in [1.807, 2.05) is 0 Å². The SMILES string of the molecule is O=S(=O)(c1ccccc1)C1CC[N+]([O-])=C1c1ccc(Cl)cc1. The zero-order valence-corrected chi connectivity index (χ0v) is 13.2. The number of hydroxylamine groups is 1. The van der Waals surface area contributed by atoms with Gasteiger partial charge in [0.05, 0.1) is 4.90 Å². The zero-order valence-electron chi connectivity index (χ0n) is 11.6. The van der Waals surface area contributed by atoms with Crippen molar-refractivity contribution >= 4 is 27.1 Å². The summed E-state index contributed by atoms with van der Waals surface area (Å²) < 4.78 is 26.4. The second-order valence-electron chi connectivity index (χ2n) is 5.13. The van der Waals surface area contributed by atoms with Crippen molar-refractivity contribution in [3.63, 3.8) is 0 Å². The van der Waals surface area contributed by atoms with E-state index in [2.05, 4.69) is 0 Å². The summed E-state index contributed by atoms with van der Waals surface area (Å²) >= 11 is 5.86. The third-order valence-corrected chi connectivity index (χ3v) is 6.14. The van der Waals surface area contributed by atoms with Gasteiger partial charge in [-0.1, -0.05) is 29.8 Å². The van der Waals surface area contributed by atoms with Crippen molar-refractivity contribution in [2.75, 3.05) is 6.54 Å². The molecule has 0 aliphatic carbocycles. The Bertz CT molecular complexity index is 814. The van der Waals surface area contributed by atoms with Gasteiger partial charge in [-0.15, -0.1) is 0 Å². The van der Waals surface area contributed by atoms with Gasteiger partial charge >= 0.3 is 0 Å². The highest BCUT2D eigenvalue weighted by Gasteiger charge is 2.42. The van der Waals surface area contributed by atoms with Gasteiger partial charge in [0.1, 0.15) is 0 Å². The van der Waals surface area contributed by atoms with Crippen LogP contribution in [-0.4, -0.2) is 30.7 Å². The highest BCUT2D eigenvalue weighted by molar-refractivity contribution is 7.92. The molecule has 1 heterocycles. The zero-order chi connectivity index (χ0) is 15.7. The number of rotatable bonds is 3. The average molecular weight is 336 g/mol. The molecule has 4 nitrogen and oxygen atoms in total. The molecule has 1 aliphatic rings. The monoisotopic (exact) mass is 335 g/mol. The normalized spacial score (nSPS) is 18.7. The van der Waals surface area contributed by atoms with Crippen molar-refractivity contribution in [2.45, 2.75) is 16.6 Å². The van der Waals surface area contributed by atoms with Crippen molar-refractivity contribution in [1.82, 2.24) is 0 Å². The number of hydrogen-bond donors (Lipinski definition) is 0. The second-order valence-corrected chi connectivity index (χ2v) is 7.70. The van der Waals surface area contributed by atoms with Gasteiger partial charge in [-0.2, -0.15) is 0 Å². The molecular weight excluding hydrogens is 322 g/mol. The lowest BCUT2D eigenvalue weighted by molar-refractivity contribution is -0.447. The summed E-state index contributed by atoms with van der Waals surface area (Å²) in [6, 6.07) is 14.9. The summed E-state index contributed by atoms with van der Waals surface area (Å²) in [4.78, 5) is 0.238. The molecule has 0 amide bonds. The largest absolute Gasteiger partial charge is 0.624 e. The first-order valence-electron chi connectivity index (χ1n) is 6.86. The van der Waals surface area contributed by atoms with Gasteiger partial charge in [0.25, 0.3) is 0 Å². The summed E-state index contributed by atoms with van der Waals surface area (Å²) in [5, 5.41) is 11.8. The van der Waals surface area contributed by atoms with Gasteiger partial charge < -0.3 is 5.21 Å². The van der Waals surface area contributed by atoms with Crippen molar-refractivity contribution in [1.29, 1.82) is 0 Å². The molecule has 0 spiro atoms. The van der Waals surface area contributed by atoms with Crippen molar-refractivity contribution < 1.29 is 13.2 Å². The molecule has 2 aromatic rings. The second kappa shape index (κ2) is 5.74. The molecule has 6 heteroatoms. The molecule has 0 fully saturated rings. The molecule has 1 unspecified atom stereocenters. The van der Waals surface area contributed by atoms with Crippen LogP contribution < -0.4 is 0 Å². The molecule has 22 heavy (non-hydrogen) atoms. The molecule has 3 rings (SSSR count). The fraction of sp³-hybridized carbons (Fsp3) is 0.188. The van der Waals surface area contributed by atoms with Crippen LogP contribution in [0.5, 0.6) is 0 Å². The van der Waals surface area contributed by atoms with E-state index in [1.165, 1.54) is 0 Å². The van der Waals surface area contributed by atoms with E-state index in [-0.39, 0.29) is 11.4 Å². The maximum absolute atomic E-state index is 12.8. The van der Waals surface area contributed by atoms with Crippen molar-refractivity contribution in [3.8, 4) is 0 Å². The van der Waals surface area contributed by atoms with E-state index in [0.29, 0.717) is 22.7 Å². The standard InChI is InChI=1S/C16H14ClNO3S/c17-13-8-6-12(7-9-13)16-15(10-11-18(16)19)22(20,21)14-4-2-1-3-5-14/h1-9,15H,10-11H2. The van der Waals surface area contributed by atoms with Crippen LogP contribution in [0.1, 0.15) is 12.0 Å². The molecule has 0 aromatic heterocycles. The van der Waals surface area contributed by atoms with E-state index in [0.717, 1.165) is 4.74 Å². The summed E-state index contributed by atoms with van der Waals surface area (Å²) in [5.41, 5.74) is 0.891. The third kappa shape index (κ3) is 2.62. The Morgan fingerprint density at radius 2 is 1.68 bits per heavy atom. The first-order valence-corrected chi connectivity index (χ1v) is 8.79. The van der Waals surface area contributed by atoms with Gasteiger partial charge in [-0.3, -0.25) is 0 Å². The van der Waals surface area contributed by atoms with Crippen LogP contribution in [0.3, 0.4) is 0 Å². The topological polar surface area (TPSA) is 60.2 Å². The Hall–Kier alpha value is -1.85. The Morgan fingerprint density at radius 3 is 2.32 bits per heavy atom. The van der Waals surface area contributed by atoms with Crippen LogP contribution in [0.4, 0.5) is 0 Å². The summed E-state index contributed by atoms with van der Waals surface area (Å²) in [6.45, 7) is 0.175. The highest BCUT2D eigenvalue weighted by atomic mass is 35.5. The Kier molecular flexibility index (Phi) is 3.93. The predicted molar refractivity (Wildman–Crippen MR) is 86.1 cm³/mol. The molecule has 114 valence electrons. The van der Waals surface area contributed by atoms with Gasteiger partial charge in [-0.25, -0.2) is 13.2 Å². The summed E-state index contributed by atoms with van der Waals surface area (Å²) in [7, 11) is -3.59. The summed E-state index contributed by atoms with van der Waals surface area (Å²) in [6.07, 6.45) is 0.290. The first-order chi connectivity index (χ1) is 10.5. The Morgan fingerprint density at radius 1 is 1.05 bits per heavy atom. The lowest BCUT2D eigenvalue weighted by atomic mass is 10.1. The lowest BCUT2D eigenvalue weighted by Gasteiger charge is -2.12. The fourth-order valence-electron chi connectivity index (χ4n) is 2.68. The molecular formula is C16H14ClNO3S. The van der Waals surface area contributed by atoms with E-state index < -0.39 is 15.1 Å². The predicted octanol–water partition coefficient (Wildman–Crippen LogP) is 2.89. The van der Waals surface area contributed by atoms with E-state index in [9.17, 15) is 13.6 Å². The van der Waals surface area contributed by atoms with Crippen LogP contribution in [-0.2, 0) is 9.84 Å². The van der Waals surface area contributed by atoms with Gasteiger partial charge in [-0.05, 0) is 36.4 Å². The minimum Gasteiger partial charge on any atom is -0.624 e. The summed E-state index contributed by atoms with van der Waals surface area (Å²) in [5.74, 6) is 0. The van der Waals surface area contributed by atoms with Crippen molar-refractivity contribution in [3.05, 3.63) is 70.4 Å². The van der Waals surface area contributed by atoms with E-state index in [4.69, 9.17) is 11.6 Å². The van der Waals surface area contributed by atoms with E-state index >= 15 is 0 Å². The van der Waals surface area contributed by atoms with Crippen LogP contribution in [0, 0.1) is 5.21 Å². The first kappa shape index (κ1) is 15.1. The molecule has 0 bridgehead atoms. The van der Waals surface area contributed by atoms with Crippen molar-refractivity contribution in [2.24, 2.45) is 0 Å². The lowest BCUT2D eigenvalue weighted by Crippen LogP contribution is -2.30. The smallest absolute Gasteiger partial charge is 0.213 e. The molecule has 0 N–H and O–H groups in total. The van der Waals surface area contributed by atoms with Gasteiger partial charge in [0.2, 0.25) is 5.71 Å². The molecule has 0 radical (unpaired) electrons. The number of benzene rings is 2. The van der Waals surface area contributed by atoms with Crippen LogP contribution in [0.2, 0.25) is 5.02 Å². The average Bonchev–Trinajstić information content (AvgIpc) is 2.91. The van der Waals surface area contributed by atoms with Gasteiger partial charge in [0, 0.05) is 17.0 Å². The maximum atomic E-state index is 12.8. The fourth-order valence-corrected chi connectivity index (χ4v) is 4.63. The Labute approximate surface area is 134 Å². The quantitative estimate of drug-likeness (QED) is 0.640. The van der Waals surface area contributed by atoms with Gasteiger partial charge in [0.15, 0.2) is 21.6 Å². The number of nitrogens with zero attached hydrogens (tertiary/aromatic N) is 1. The molecule has 1 aliphatic heterocycles. The molecule has 1 atom stereocenters. The minimum absolute atomic E-state index is 0.175. The van der Waals surface area contributed by atoms with E-state index in [1.54, 1.807) is 54.6 Å². The maximum Gasteiger partial charge on any atom is 0.213 e. The third-order valence-electron chi connectivity index (χ3n) is 3.75. The molecule has 0 saturated heterocycles.